The Hall–Kier alpha value is -2.03. The normalized spacial score (nSPS) is 28.0. The summed E-state index contributed by atoms with van der Waals surface area (Å²) in [7, 11) is 0. The van der Waals surface area contributed by atoms with Crippen LogP contribution in [0.1, 0.15) is 43.0 Å². The van der Waals surface area contributed by atoms with Crippen molar-refractivity contribution in [2.45, 2.75) is 49.9 Å². The lowest BCUT2D eigenvalue weighted by atomic mass is 9.73. The molecule has 2 fully saturated rings. The second-order valence-corrected chi connectivity index (χ2v) is 7.66. The fraction of sp³-hybridized carbons (Fsp3) is 0.632. The summed E-state index contributed by atoms with van der Waals surface area (Å²) < 4.78 is 6.02. The van der Waals surface area contributed by atoms with Crippen molar-refractivity contribution in [3.63, 3.8) is 0 Å². The molecule has 27 heavy (non-hydrogen) atoms. The molecule has 1 amide bonds. The van der Waals surface area contributed by atoms with E-state index >= 15 is 0 Å². The number of aliphatic hydroxyl groups excluding tert-OH is 1. The second-order valence-electron chi connectivity index (χ2n) is 7.66. The van der Waals surface area contributed by atoms with Gasteiger partial charge in [-0.2, -0.15) is 0 Å². The zero-order valence-electron chi connectivity index (χ0n) is 15.6. The number of amides is 1. The Bertz CT molecular complexity index is 675. The number of hydrogen-bond donors (Lipinski definition) is 3. The van der Waals surface area contributed by atoms with Gasteiger partial charge in [0.1, 0.15) is 6.10 Å². The smallest absolute Gasteiger partial charge is 0.304 e. The number of carboxylic acids is 1. The summed E-state index contributed by atoms with van der Waals surface area (Å²) in [5, 5.41) is 23.0. The van der Waals surface area contributed by atoms with Gasteiger partial charge >= 0.3 is 5.97 Å². The maximum atomic E-state index is 12.6. The van der Waals surface area contributed by atoms with Gasteiger partial charge in [-0.3, -0.25) is 14.6 Å². The Kier molecular flexibility index (Phi) is 5.78. The molecule has 0 saturated carbocycles. The number of carboxylic acid groups (broad SMARTS) is 1. The molecule has 2 saturated heterocycles. The summed E-state index contributed by atoms with van der Waals surface area (Å²) in [6.07, 6.45) is 4.09. The molecule has 3 N–H and O–H groups in total. The number of hydrogen-bond acceptors (Lipinski definition) is 6. The zero-order chi connectivity index (χ0) is 19.5. The lowest BCUT2D eigenvalue weighted by Crippen LogP contribution is -2.69. The number of aromatic nitrogens is 1. The molecule has 0 radical (unpaired) electrons. The molecule has 2 atom stereocenters. The Morgan fingerprint density at radius 1 is 1.37 bits per heavy atom. The van der Waals surface area contributed by atoms with Crippen LogP contribution in [0.2, 0.25) is 0 Å². The third kappa shape index (κ3) is 4.28. The Balaban J connectivity index is 1.65. The molecule has 1 aromatic rings. The van der Waals surface area contributed by atoms with Crippen molar-refractivity contribution in [2.75, 3.05) is 26.2 Å². The van der Waals surface area contributed by atoms with E-state index in [9.17, 15) is 14.7 Å². The molecule has 148 valence electrons. The van der Waals surface area contributed by atoms with Crippen molar-refractivity contribution < 1.29 is 24.5 Å². The van der Waals surface area contributed by atoms with E-state index in [1.165, 1.54) is 6.20 Å². The molecule has 3 heterocycles. The van der Waals surface area contributed by atoms with Crippen molar-refractivity contribution >= 4 is 11.9 Å². The van der Waals surface area contributed by atoms with Crippen LogP contribution in [0.4, 0.5) is 0 Å². The number of aliphatic hydroxyl groups is 1. The monoisotopic (exact) mass is 377 g/mol. The van der Waals surface area contributed by atoms with Gasteiger partial charge in [0.05, 0.1) is 23.1 Å². The highest BCUT2D eigenvalue weighted by molar-refractivity contribution is 5.94. The number of carbonyl (C=O) groups excluding carboxylic acids is 1. The molecule has 2 aliphatic rings. The summed E-state index contributed by atoms with van der Waals surface area (Å²) >= 11 is 0. The largest absolute Gasteiger partial charge is 0.481 e. The van der Waals surface area contributed by atoms with Crippen molar-refractivity contribution in [3.8, 4) is 0 Å². The molecule has 0 aliphatic carbocycles. The number of carbonyl (C=O) groups is 2. The summed E-state index contributed by atoms with van der Waals surface area (Å²) in [6, 6.07) is 3.39. The number of nitrogens with one attached hydrogen (secondary N) is 1. The highest BCUT2D eigenvalue weighted by Gasteiger charge is 2.53. The minimum absolute atomic E-state index is 0.106. The van der Waals surface area contributed by atoms with Gasteiger partial charge in [0.2, 0.25) is 0 Å². The van der Waals surface area contributed by atoms with Gasteiger partial charge in [0, 0.05) is 38.6 Å². The van der Waals surface area contributed by atoms with Crippen LogP contribution in [0.5, 0.6) is 0 Å². The van der Waals surface area contributed by atoms with Gasteiger partial charge in [-0.1, -0.05) is 0 Å². The van der Waals surface area contributed by atoms with Crippen LogP contribution >= 0.6 is 0 Å². The number of pyridine rings is 1. The molecular weight excluding hydrogens is 350 g/mol. The van der Waals surface area contributed by atoms with E-state index < -0.39 is 23.2 Å². The molecular formula is C19H27N3O5. The fourth-order valence-electron chi connectivity index (χ4n) is 4.05. The van der Waals surface area contributed by atoms with E-state index in [4.69, 9.17) is 9.84 Å². The van der Waals surface area contributed by atoms with Gasteiger partial charge in [0.15, 0.2) is 0 Å². The first-order valence-electron chi connectivity index (χ1n) is 9.33. The second kappa shape index (κ2) is 7.92. The highest BCUT2D eigenvalue weighted by Crippen LogP contribution is 2.40. The Morgan fingerprint density at radius 2 is 2.11 bits per heavy atom. The predicted molar refractivity (Wildman–Crippen MR) is 97.3 cm³/mol. The fourth-order valence-corrected chi connectivity index (χ4v) is 4.05. The quantitative estimate of drug-likeness (QED) is 0.691. The highest BCUT2D eigenvalue weighted by atomic mass is 16.5. The summed E-state index contributed by atoms with van der Waals surface area (Å²) in [5.74, 6) is -1.07. The summed E-state index contributed by atoms with van der Waals surface area (Å²) in [4.78, 5) is 29.4. The van der Waals surface area contributed by atoms with Crippen molar-refractivity contribution in [2.24, 2.45) is 0 Å². The Morgan fingerprint density at radius 3 is 2.74 bits per heavy atom. The van der Waals surface area contributed by atoms with Crippen molar-refractivity contribution in [1.82, 2.24) is 15.2 Å². The lowest BCUT2D eigenvalue weighted by Gasteiger charge is -2.53. The van der Waals surface area contributed by atoms with Crippen LogP contribution in [0, 0.1) is 0 Å². The molecule has 0 bridgehead atoms. The van der Waals surface area contributed by atoms with E-state index in [2.05, 4.69) is 15.2 Å². The molecule has 1 aromatic heterocycles. The van der Waals surface area contributed by atoms with Crippen molar-refractivity contribution in [3.05, 3.63) is 30.1 Å². The van der Waals surface area contributed by atoms with Gasteiger partial charge in [-0.05, 0) is 38.3 Å². The van der Waals surface area contributed by atoms with E-state index in [0.29, 0.717) is 51.1 Å². The van der Waals surface area contributed by atoms with E-state index in [1.807, 2.05) is 6.92 Å². The van der Waals surface area contributed by atoms with Gasteiger partial charge in [-0.15, -0.1) is 0 Å². The molecule has 0 unspecified atom stereocenters. The molecule has 8 nitrogen and oxygen atoms in total. The standard InChI is InChI=1S/C19H27N3O5/c1-18(21-16(25)14-3-2-8-20-13-14)7-12-27-19(17(18)26)5-10-22(11-6-19)9-4-15(23)24/h2-3,8,13,17,26H,4-7,9-12H2,1H3,(H,21,25)(H,23,24)/t17-,18+/m1/s1. The van der Waals surface area contributed by atoms with E-state index in [1.54, 1.807) is 18.3 Å². The number of nitrogens with zero attached hydrogens (tertiary/aromatic N) is 2. The average molecular weight is 377 g/mol. The van der Waals surface area contributed by atoms with Gasteiger partial charge in [-0.25, -0.2) is 0 Å². The van der Waals surface area contributed by atoms with E-state index in [-0.39, 0.29) is 12.3 Å². The number of likely N-dealkylation sites (tertiary alicyclic amines) is 1. The van der Waals surface area contributed by atoms with Crippen molar-refractivity contribution in [1.29, 1.82) is 0 Å². The van der Waals surface area contributed by atoms with Crippen LogP contribution in [-0.4, -0.2) is 75.5 Å². The van der Waals surface area contributed by atoms with Crippen LogP contribution < -0.4 is 5.32 Å². The third-order valence-electron chi connectivity index (χ3n) is 5.78. The first kappa shape index (κ1) is 19.7. The molecule has 1 spiro atoms. The number of ether oxygens (including phenoxy) is 1. The van der Waals surface area contributed by atoms with Crippen LogP contribution in [0.15, 0.2) is 24.5 Å². The SMILES string of the molecule is C[C@]1(NC(=O)c2cccnc2)CCOC2(CCN(CCC(=O)O)CC2)[C@@H]1O. The maximum absolute atomic E-state index is 12.6. The predicted octanol–water partition coefficient (Wildman–Crippen LogP) is 0.661. The number of aliphatic carboxylic acids is 1. The zero-order valence-corrected chi connectivity index (χ0v) is 15.6. The summed E-state index contributed by atoms with van der Waals surface area (Å²) in [6.45, 7) is 4.13. The molecule has 0 aromatic carbocycles. The molecule has 3 rings (SSSR count). The minimum atomic E-state index is -0.846. The average Bonchev–Trinajstić information content (AvgIpc) is 2.66. The van der Waals surface area contributed by atoms with Gasteiger partial charge < -0.3 is 25.2 Å². The number of rotatable bonds is 5. The van der Waals surface area contributed by atoms with Crippen LogP contribution in [0.3, 0.4) is 0 Å². The van der Waals surface area contributed by atoms with Crippen LogP contribution in [-0.2, 0) is 9.53 Å². The topological polar surface area (TPSA) is 112 Å². The maximum Gasteiger partial charge on any atom is 0.304 e. The first-order valence-corrected chi connectivity index (χ1v) is 9.33. The third-order valence-corrected chi connectivity index (χ3v) is 5.78. The molecule has 2 aliphatic heterocycles. The Labute approximate surface area is 158 Å². The van der Waals surface area contributed by atoms with Crippen LogP contribution in [0.25, 0.3) is 0 Å². The van der Waals surface area contributed by atoms with Gasteiger partial charge in [0.25, 0.3) is 5.91 Å². The molecule has 8 heteroatoms. The van der Waals surface area contributed by atoms with E-state index in [0.717, 1.165) is 0 Å². The summed E-state index contributed by atoms with van der Waals surface area (Å²) in [5.41, 5.74) is -1.06. The lowest BCUT2D eigenvalue weighted by molar-refractivity contribution is -0.205. The first-order chi connectivity index (χ1) is 12.8. The number of piperidine rings is 1. The minimum Gasteiger partial charge on any atom is -0.481 e.